The predicted octanol–water partition coefficient (Wildman–Crippen LogP) is -0.390. The lowest BCUT2D eigenvalue weighted by molar-refractivity contribution is -0.119. The first-order chi connectivity index (χ1) is 6.03. The van der Waals surface area contributed by atoms with Gasteiger partial charge in [0, 0.05) is 6.04 Å². The zero-order valence-electron chi connectivity index (χ0n) is 7.19. The van der Waals surface area contributed by atoms with Crippen molar-refractivity contribution in [3.8, 4) is 0 Å². The maximum Gasteiger partial charge on any atom is 0.229 e. The molecule has 0 bridgehead atoms. The SMILES string of the molecule is O=C(CS)NC1CCS(=O)(=O)CC1. The molecule has 0 saturated carbocycles. The summed E-state index contributed by atoms with van der Waals surface area (Å²) in [5.41, 5.74) is 0. The number of carbonyl (C=O) groups excluding carboxylic acids is 1. The minimum absolute atomic E-state index is 0.0168. The second-order valence-electron chi connectivity index (χ2n) is 3.15. The van der Waals surface area contributed by atoms with E-state index in [4.69, 9.17) is 0 Å². The van der Waals surface area contributed by atoms with Gasteiger partial charge in [-0.15, -0.1) is 0 Å². The first-order valence-electron chi connectivity index (χ1n) is 4.14. The van der Waals surface area contributed by atoms with Crippen molar-refractivity contribution in [3.05, 3.63) is 0 Å². The van der Waals surface area contributed by atoms with E-state index < -0.39 is 9.84 Å². The minimum atomic E-state index is -2.83. The zero-order valence-corrected chi connectivity index (χ0v) is 8.90. The Morgan fingerprint density at radius 1 is 1.38 bits per heavy atom. The third kappa shape index (κ3) is 3.56. The van der Waals surface area contributed by atoms with Crippen molar-refractivity contribution in [2.24, 2.45) is 0 Å². The fourth-order valence-electron chi connectivity index (χ4n) is 1.31. The highest BCUT2D eigenvalue weighted by Crippen LogP contribution is 2.11. The van der Waals surface area contributed by atoms with Crippen molar-refractivity contribution in [1.29, 1.82) is 0 Å². The normalized spacial score (nSPS) is 22.5. The monoisotopic (exact) mass is 223 g/mol. The van der Waals surface area contributed by atoms with Crippen LogP contribution >= 0.6 is 12.6 Å². The fourth-order valence-corrected chi connectivity index (χ4v) is 2.89. The summed E-state index contributed by atoms with van der Waals surface area (Å²) < 4.78 is 22.0. The number of amides is 1. The molecule has 0 radical (unpaired) electrons. The number of hydrogen-bond donors (Lipinski definition) is 2. The highest BCUT2D eigenvalue weighted by molar-refractivity contribution is 7.91. The molecule has 0 aromatic rings. The number of hydrogen-bond acceptors (Lipinski definition) is 4. The summed E-state index contributed by atoms with van der Waals surface area (Å²) in [6, 6.07) is 0.0168. The van der Waals surface area contributed by atoms with Crippen LogP contribution < -0.4 is 5.32 Å². The Morgan fingerprint density at radius 2 is 1.92 bits per heavy atom. The van der Waals surface area contributed by atoms with Gasteiger partial charge in [-0.25, -0.2) is 8.42 Å². The van der Waals surface area contributed by atoms with Crippen LogP contribution in [0.15, 0.2) is 0 Å². The van der Waals surface area contributed by atoms with Gasteiger partial charge in [0.15, 0.2) is 0 Å². The lowest BCUT2D eigenvalue weighted by Crippen LogP contribution is -2.41. The largest absolute Gasteiger partial charge is 0.353 e. The Hall–Kier alpha value is -0.230. The highest BCUT2D eigenvalue weighted by atomic mass is 32.2. The topological polar surface area (TPSA) is 63.2 Å². The summed E-state index contributed by atoms with van der Waals surface area (Å²) in [6.45, 7) is 0. The average molecular weight is 223 g/mol. The Labute approximate surface area is 83.4 Å². The molecule has 1 saturated heterocycles. The molecule has 76 valence electrons. The first kappa shape index (κ1) is 10.8. The Bertz CT molecular complexity index is 272. The van der Waals surface area contributed by atoms with Crippen LogP contribution in [0.1, 0.15) is 12.8 Å². The van der Waals surface area contributed by atoms with Gasteiger partial charge in [0.25, 0.3) is 0 Å². The quantitative estimate of drug-likeness (QED) is 0.627. The number of rotatable bonds is 2. The van der Waals surface area contributed by atoms with Gasteiger partial charge in [0.1, 0.15) is 9.84 Å². The molecule has 13 heavy (non-hydrogen) atoms. The molecule has 0 aliphatic carbocycles. The van der Waals surface area contributed by atoms with E-state index in [2.05, 4.69) is 17.9 Å². The number of carbonyl (C=O) groups is 1. The molecule has 0 atom stereocenters. The molecule has 1 aliphatic rings. The molecule has 1 amide bonds. The number of sulfone groups is 1. The van der Waals surface area contributed by atoms with Gasteiger partial charge in [0.2, 0.25) is 5.91 Å². The van der Waals surface area contributed by atoms with Crippen LogP contribution in [0.5, 0.6) is 0 Å². The molecular weight excluding hydrogens is 210 g/mol. The third-order valence-electron chi connectivity index (χ3n) is 2.06. The van der Waals surface area contributed by atoms with Gasteiger partial charge < -0.3 is 5.32 Å². The van der Waals surface area contributed by atoms with E-state index in [1.165, 1.54) is 0 Å². The molecule has 1 rings (SSSR count). The Morgan fingerprint density at radius 3 is 2.38 bits per heavy atom. The van der Waals surface area contributed by atoms with Crippen molar-refractivity contribution in [2.45, 2.75) is 18.9 Å². The van der Waals surface area contributed by atoms with Gasteiger partial charge in [-0.05, 0) is 12.8 Å². The summed E-state index contributed by atoms with van der Waals surface area (Å²) in [5, 5.41) is 2.73. The van der Waals surface area contributed by atoms with E-state index >= 15 is 0 Å². The van der Waals surface area contributed by atoms with E-state index in [0.717, 1.165) is 0 Å². The molecule has 4 nitrogen and oxygen atoms in total. The van der Waals surface area contributed by atoms with Gasteiger partial charge in [-0.3, -0.25) is 4.79 Å². The molecule has 0 unspecified atom stereocenters. The van der Waals surface area contributed by atoms with E-state index in [1.807, 2.05) is 0 Å². The standard InChI is InChI=1S/C7H13NO3S2/c9-7(5-12)8-6-1-3-13(10,11)4-2-6/h6,12H,1-5H2,(H,8,9). The summed E-state index contributed by atoms with van der Waals surface area (Å²) in [4.78, 5) is 10.9. The smallest absolute Gasteiger partial charge is 0.229 e. The van der Waals surface area contributed by atoms with Crippen LogP contribution in [0.2, 0.25) is 0 Å². The number of nitrogens with one attached hydrogen (secondary N) is 1. The summed E-state index contributed by atoms with van der Waals surface area (Å²) >= 11 is 3.82. The Balaban J connectivity index is 2.38. The van der Waals surface area contributed by atoms with Gasteiger partial charge in [-0.1, -0.05) is 0 Å². The van der Waals surface area contributed by atoms with Crippen LogP contribution in [0.4, 0.5) is 0 Å². The molecule has 1 N–H and O–H groups in total. The Kier molecular flexibility index (Phi) is 3.61. The molecule has 0 aromatic carbocycles. The van der Waals surface area contributed by atoms with Gasteiger partial charge in [-0.2, -0.15) is 12.6 Å². The third-order valence-corrected chi connectivity index (χ3v) is 4.07. The second-order valence-corrected chi connectivity index (χ2v) is 5.77. The molecule has 1 heterocycles. The average Bonchev–Trinajstić information content (AvgIpc) is 2.08. The molecule has 1 fully saturated rings. The van der Waals surface area contributed by atoms with Crippen LogP contribution in [0, 0.1) is 0 Å². The maximum absolute atomic E-state index is 11.0. The minimum Gasteiger partial charge on any atom is -0.353 e. The maximum atomic E-state index is 11.0. The summed E-state index contributed by atoms with van der Waals surface area (Å²) in [7, 11) is -2.83. The van der Waals surface area contributed by atoms with Crippen LogP contribution in [-0.4, -0.2) is 37.6 Å². The zero-order chi connectivity index (χ0) is 9.90. The van der Waals surface area contributed by atoms with Crippen molar-refractivity contribution >= 4 is 28.4 Å². The van der Waals surface area contributed by atoms with E-state index in [1.54, 1.807) is 0 Å². The van der Waals surface area contributed by atoms with E-state index in [0.29, 0.717) is 12.8 Å². The van der Waals surface area contributed by atoms with Crippen molar-refractivity contribution in [2.75, 3.05) is 17.3 Å². The number of thiol groups is 1. The van der Waals surface area contributed by atoms with Crippen LogP contribution in [-0.2, 0) is 14.6 Å². The first-order valence-corrected chi connectivity index (χ1v) is 6.59. The fraction of sp³-hybridized carbons (Fsp3) is 0.857. The van der Waals surface area contributed by atoms with E-state index in [-0.39, 0.29) is 29.2 Å². The highest BCUT2D eigenvalue weighted by Gasteiger charge is 2.24. The van der Waals surface area contributed by atoms with Gasteiger partial charge >= 0.3 is 0 Å². The lowest BCUT2D eigenvalue weighted by atomic mass is 10.1. The van der Waals surface area contributed by atoms with E-state index in [9.17, 15) is 13.2 Å². The van der Waals surface area contributed by atoms with Gasteiger partial charge in [0.05, 0.1) is 17.3 Å². The summed E-state index contributed by atoms with van der Waals surface area (Å²) in [6.07, 6.45) is 1.06. The van der Waals surface area contributed by atoms with Crippen LogP contribution in [0.25, 0.3) is 0 Å². The molecule has 0 spiro atoms. The predicted molar refractivity (Wildman–Crippen MR) is 53.7 cm³/mol. The molecular formula is C7H13NO3S2. The van der Waals surface area contributed by atoms with Crippen molar-refractivity contribution in [3.63, 3.8) is 0 Å². The summed E-state index contributed by atoms with van der Waals surface area (Å²) in [5.74, 6) is 0.394. The van der Waals surface area contributed by atoms with Crippen molar-refractivity contribution < 1.29 is 13.2 Å². The molecule has 1 aliphatic heterocycles. The second kappa shape index (κ2) is 4.32. The molecule has 6 heteroatoms. The van der Waals surface area contributed by atoms with Crippen molar-refractivity contribution in [1.82, 2.24) is 5.32 Å². The van der Waals surface area contributed by atoms with Crippen LogP contribution in [0.3, 0.4) is 0 Å². The lowest BCUT2D eigenvalue weighted by Gasteiger charge is -2.22. The molecule has 0 aromatic heterocycles.